The molecule has 0 fully saturated rings. The fraction of sp³-hybridized carbons (Fsp3) is 0.963. The third kappa shape index (κ3) is 24.8. The van der Waals surface area contributed by atoms with Gasteiger partial charge in [-0.2, -0.15) is 0 Å². The number of aliphatic carboxylic acids is 1. The molecule has 5 heteroatoms. The first-order valence-corrected chi connectivity index (χ1v) is 16.4. The maximum Gasteiger partial charge on any atom is 0.321 e. The van der Waals surface area contributed by atoms with Crippen LogP contribution in [0, 0.1) is 0 Å². The van der Waals surface area contributed by atoms with Crippen LogP contribution in [0.15, 0.2) is 0 Å². The maximum atomic E-state index is 11.5. The summed E-state index contributed by atoms with van der Waals surface area (Å²) in [6, 6.07) is -0.404. The predicted octanol–water partition coefficient (Wildman–Crippen LogP) is 9.25. The quantitative estimate of drug-likeness (QED) is 0.0889. The summed E-state index contributed by atoms with van der Waals surface area (Å²) in [7, 11) is 3.57. The third-order valence-electron chi connectivity index (χ3n) is 6.12. The largest absolute Gasteiger partial charge is 0.480 e. The minimum atomic E-state index is -0.705. The van der Waals surface area contributed by atoms with Crippen LogP contribution in [0.25, 0.3) is 0 Å². The van der Waals surface area contributed by atoms with Gasteiger partial charge >= 0.3 is 5.97 Å². The monoisotopic (exact) mass is 489 g/mol. The molecule has 0 amide bonds. The van der Waals surface area contributed by atoms with Gasteiger partial charge in [0.1, 0.15) is 6.04 Å². The average molecular weight is 490 g/mol. The Labute approximate surface area is 208 Å². The van der Waals surface area contributed by atoms with Crippen LogP contribution >= 0.6 is 21.6 Å². The Morgan fingerprint density at radius 3 is 1.47 bits per heavy atom. The van der Waals surface area contributed by atoms with Gasteiger partial charge in [0.25, 0.3) is 0 Å². The minimum Gasteiger partial charge on any atom is -0.480 e. The number of carboxylic acid groups (broad SMARTS) is 1. The van der Waals surface area contributed by atoms with E-state index < -0.39 is 12.0 Å². The van der Waals surface area contributed by atoms with Crippen molar-refractivity contribution in [3.8, 4) is 0 Å². The van der Waals surface area contributed by atoms with Gasteiger partial charge in [-0.05, 0) is 19.4 Å². The lowest BCUT2D eigenvalue weighted by Crippen LogP contribution is -2.39. The molecule has 192 valence electrons. The fourth-order valence-electron chi connectivity index (χ4n) is 3.93. The van der Waals surface area contributed by atoms with Gasteiger partial charge in [-0.25, -0.2) is 0 Å². The van der Waals surface area contributed by atoms with E-state index in [-0.39, 0.29) is 0 Å². The molecule has 0 unspecified atom stereocenters. The predicted molar refractivity (Wildman–Crippen MR) is 148 cm³/mol. The smallest absolute Gasteiger partial charge is 0.321 e. The van der Waals surface area contributed by atoms with Gasteiger partial charge in [-0.3, -0.25) is 4.79 Å². The number of hydrogen-bond acceptors (Lipinski definition) is 4. The highest BCUT2D eigenvalue weighted by molar-refractivity contribution is 8.76. The summed E-state index contributed by atoms with van der Waals surface area (Å²) in [4.78, 5) is 11.5. The molecule has 0 aromatic rings. The van der Waals surface area contributed by atoms with Crippen LogP contribution in [0.3, 0.4) is 0 Å². The topological polar surface area (TPSA) is 49.3 Å². The second-order valence-corrected chi connectivity index (χ2v) is 11.9. The van der Waals surface area contributed by atoms with Crippen molar-refractivity contribution in [1.29, 1.82) is 0 Å². The normalized spacial score (nSPS) is 12.3. The molecule has 0 radical (unpaired) electrons. The lowest BCUT2D eigenvalue weighted by Gasteiger charge is -2.13. The Hall–Kier alpha value is 0.130. The lowest BCUT2D eigenvalue weighted by atomic mass is 10.1. The van der Waals surface area contributed by atoms with Gasteiger partial charge in [0.2, 0.25) is 0 Å². The highest BCUT2D eigenvalue weighted by atomic mass is 33.1. The Morgan fingerprint density at radius 1 is 0.625 bits per heavy atom. The number of unbranched alkanes of at least 4 members (excludes halogenated alkanes) is 18. The van der Waals surface area contributed by atoms with Crippen LogP contribution in [-0.4, -0.2) is 35.2 Å². The molecule has 1 atom stereocenters. The van der Waals surface area contributed by atoms with Crippen molar-refractivity contribution in [2.24, 2.45) is 0 Å². The van der Waals surface area contributed by atoms with Crippen molar-refractivity contribution >= 4 is 27.6 Å². The zero-order chi connectivity index (χ0) is 23.5. The Morgan fingerprint density at radius 2 is 1.03 bits per heavy atom. The van der Waals surface area contributed by atoms with Crippen molar-refractivity contribution in [3.05, 3.63) is 0 Å². The molecule has 0 aliphatic heterocycles. The molecule has 3 nitrogen and oxygen atoms in total. The maximum absolute atomic E-state index is 11.5. The zero-order valence-electron chi connectivity index (χ0n) is 21.5. The van der Waals surface area contributed by atoms with E-state index in [4.69, 9.17) is 0 Å². The lowest BCUT2D eigenvalue weighted by molar-refractivity contribution is -0.138. The van der Waals surface area contributed by atoms with E-state index >= 15 is 0 Å². The summed E-state index contributed by atoms with van der Waals surface area (Å²) in [6.45, 7) is 5.37. The van der Waals surface area contributed by atoms with Crippen molar-refractivity contribution in [2.75, 3.05) is 18.1 Å². The van der Waals surface area contributed by atoms with E-state index in [1.807, 2.05) is 10.8 Å². The standard InChI is InChI=1S/C27H55NO2S2/c1-3-5-7-9-11-13-15-17-19-21-23-28-26(27(29)30)25-32-31-24-22-20-18-16-14-12-10-8-6-4-2/h26,28H,3-25H2,1-2H3,(H,29,30)/t26-/m0/s1. The van der Waals surface area contributed by atoms with Crippen LogP contribution < -0.4 is 5.32 Å². The van der Waals surface area contributed by atoms with E-state index in [0.29, 0.717) is 5.75 Å². The summed E-state index contributed by atoms with van der Waals surface area (Å²) < 4.78 is 0. The van der Waals surface area contributed by atoms with Crippen LogP contribution in [0.1, 0.15) is 142 Å². The van der Waals surface area contributed by atoms with Gasteiger partial charge in [0, 0.05) is 11.5 Å². The first-order valence-electron chi connectivity index (χ1n) is 13.9. The van der Waals surface area contributed by atoms with Gasteiger partial charge < -0.3 is 10.4 Å². The number of hydrogen-bond donors (Lipinski definition) is 2. The van der Waals surface area contributed by atoms with E-state index in [2.05, 4.69) is 19.2 Å². The second kappa shape index (κ2) is 27.4. The van der Waals surface area contributed by atoms with E-state index in [1.165, 1.54) is 122 Å². The number of carboxylic acids is 1. The molecule has 32 heavy (non-hydrogen) atoms. The van der Waals surface area contributed by atoms with E-state index in [0.717, 1.165) is 18.7 Å². The van der Waals surface area contributed by atoms with E-state index in [9.17, 15) is 9.90 Å². The van der Waals surface area contributed by atoms with Gasteiger partial charge in [0.15, 0.2) is 0 Å². The van der Waals surface area contributed by atoms with Crippen LogP contribution in [0.5, 0.6) is 0 Å². The molecule has 0 aromatic carbocycles. The minimum absolute atomic E-state index is 0.404. The summed E-state index contributed by atoms with van der Waals surface area (Å²) in [6.07, 6.45) is 26.9. The molecule has 0 aromatic heterocycles. The second-order valence-electron chi connectivity index (χ2n) is 9.32. The molecule has 0 saturated heterocycles. The molecule has 0 aliphatic rings. The Bertz CT molecular complexity index is 383. The van der Waals surface area contributed by atoms with Crippen LogP contribution in [-0.2, 0) is 4.79 Å². The number of rotatable bonds is 27. The molecular formula is C27H55NO2S2. The number of nitrogens with one attached hydrogen (secondary N) is 1. The van der Waals surface area contributed by atoms with E-state index in [1.54, 1.807) is 10.8 Å². The highest BCUT2D eigenvalue weighted by Gasteiger charge is 2.16. The summed E-state index contributed by atoms with van der Waals surface area (Å²) >= 11 is 0. The van der Waals surface area contributed by atoms with Crippen molar-refractivity contribution in [1.82, 2.24) is 5.32 Å². The summed E-state index contributed by atoms with van der Waals surface area (Å²) in [5, 5.41) is 12.7. The Balaban J connectivity index is 3.42. The highest BCUT2D eigenvalue weighted by Crippen LogP contribution is 2.24. The fourth-order valence-corrected chi connectivity index (χ4v) is 6.27. The molecule has 0 spiro atoms. The summed E-state index contributed by atoms with van der Waals surface area (Å²) in [5.41, 5.74) is 0. The third-order valence-corrected chi connectivity index (χ3v) is 8.62. The van der Waals surface area contributed by atoms with Gasteiger partial charge in [-0.15, -0.1) is 0 Å². The molecule has 0 aliphatic carbocycles. The first kappa shape index (κ1) is 32.1. The molecule has 0 rings (SSSR count). The Kier molecular flexibility index (Phi) is 27.5. The first-order chi connectivity index (χ1) is 15.7. The SMILES string of the molecule is CCCCCCCCCCCCN[C@@H](CSSCCCCCCCCCCCC)C(=O)O. The van der Waals surface area contributed by atoms with Crippen LogP contribution in [0.4, 0.5) is 0 Å². The number of carbonyl (C=O) groups is 1. The molecular weight excluding hydrogens is 434 g/mol. The molecule has 2 N–H and O–H groups in total. The van der Waals surface area contributed by atoms with Crippen molar-refractivity contribution < 1.29 is 9.90 Å². The zero-order valence-corrected chi connectivity index (χ0v) is 23.1. The molecule has 0 saturated carbocycles. The summed E-state index contributed by atoms with van der Waals surface area (Å²) in [5.74, 6) is 1.10. The van der Waals surface area contributed by atoms with Crippen molar-refractivity contribution in [3.63, 3.8) is 0 Å². The molecule has 0 heterocycles. The van der Waals surface area contributed by atoms with Gasteiger partial charge in [0.05, 0.1) is 0 Å². The molecule has 0 bridgehead atoms. The average Bonchev–Trinajstić information content (AvgIpc) is 2.78. The van der Waals surface area contributed by atoms with Crippen LogP contribution in [0.2, 0.25) is 0 Å². The van der Waals surface area contributed by atoms with Crippen molar-refractivity contribution in [2.45, 2.75) is 148 Å². The van der Waals surface area contributed by atoms with Gasteiger partial charge in [-0.1, -0.05) is 151 Å².